The molecule has 180 valence electrons. The summed E-state index contributed by atoms with van der Waals surface area (Å²) in [6, 6.07) is 2.38. The van der Waals surface area contributed by atoms with Crippen LogP contribution in [0.2, 0.25) is 0 Å². The van der Waals surface area contributed by atoms with Crippen LogP contribution in [-0.2, 0) is 20.7 Å². The third-order valence-electron chi connectivity index (χ3n) is 5.16. The zero-order chi connectivity index (χ0) is 24.7. The molecule has 0 saturated heterocycles. The number of hydrogen-bond donors (Lipinski definition) is 5. The highest BCUT2D eigenvalue weighted by Crippen LogP contribution is 2.34. The Morgan fingerprint density at radius 2 is 1.91 bits per heavy atom. The molecule has 0 radical (unpaired) electrons. The first-order valence-electron chi connectivity index (χ1n) is 10.5. The maximum Gasteiger partial charge on any atom is 0.412 e. The fourth-order valence-corrected chi connectivity index (χ4v) is 3.44. The fraction of sp³-hybridized carbons (Fsp3) is 0.455. The van der Waals surface area contributed by atoms with E-state index < -0.39 is 42.1 Å². The normalized spacial score (nSPS) is 16.4. The summed E-state index contributed by atoms with van der Waals surface area (Å²) in [5, 5.41) is 26.6. The Kier molecular flexibility index (Phi) is 8.80. The van der Waals surface area contributed by atoms with Gasteiger partial charge >= 0.3 is 12.2 Å². The minimum absolute atomic E-state index is 0.00376. The van der Waals surface area contributed by atoms with Crippen molar-refractivity contribution in [1.82, 2.24) is 10.6 Å². The predicted octanol–water partition coefficient (Wildman–Crippen LogP) is 1.47. The lowest BCUT2D eigenvalue weighted by molar-refractivity contribution is -0.128. The largest absolute Gasteiger partial charge is 0.465 e. The first kappa shape index (κ1) is 25.7. The number of rotatable bonds is 9. The van der Waals surface area contributed by atoms with Crippen molar-refractivity contribution in [2.45, 2.75) is 45.3 Å². The number of fused-ring (bicyclic) bond motifs is 1. The number of carbonyl (C=O) groups excluding carboxylic acids is 3. The summed E-state index contributed by atoms with van der Waals surface area (Å²) >= 11 is 0. The van der Waals surface area contributed by atoms with Crippen LogP contribution >= 0.6 is 0 Å². The number of carbonyl (C=O) groups is 4. The molecule has 1 heterocycles. The molecule has 2 unspecified atom stereocenters. The Morgan fingerprint density at radius 1 is 1.21 bits per heavy atom. The molecule has 4 amide bonds. The van der Waals surface area contributed by atoms with Crippen molar-refractivity contribution >= 4 is 35.4 Å². The highest BCUT2D eigenvalue weighted by Gasteiger charge is 2.34. The molecule has 0 saturated carbocycles. The van der Waals surface area contributed by atoms with Crippen LogP contribution in [-0.4, -0.2) is 65.6 Å². The molecule has 1 aliphatic heterocycles. The second-order valence-corrected chi connectivity index (χ2v) is 8.01. The Labute approximate surface area is 191 Å². The number of amides is 4. The number of benzene rings is 1. The van der Waals surface area contributed by atoms with Gasteiger partial charge in [0.2, 0.25) is 11.8 Å². The van der Waals surface area contributed by atoms with E-state index in [0.717, 1.165) is 10.5 Å². The van der Waals surface area contributed by atoms with E-state index in [9.17, 15) is 29.4 Å². The Balaban J connectivity index is 2.03. The summed E-state index contributed by atoms with van der Waals surface area (Å²) in [4.78, 5) is 49.7. The van der Waals surface area contributed by atoms with E-state index in [1.807, 2.05) is 0 Å². The van der Waals surface area contributed by atoms with E-state index in [1.54, 1.807) is 26.0 Å². The van der Waals surface area contributed by atoms with Crippen molar-refractivity contribution in [3.63, 3.8) is 0 Å². The van der Waals surface area contributed by atoms with Crippen LogP contribution in [0, 0.1) is 5.92 Å². The Morgan fingerprint density at radius 3 is 2.48 bits per heavy atom. The van der Waals surface area contributed by atoms with Crippen LogP contribution in [0.4, 0.5) is 21.0 Å². The van der Waals surface area contributed by atoms with Crippen molar-refractivity contribution in [3.8, 4) is 0 Å². The fourth-order valence-electron chi connectivity index (χ4n) is 3.44. The van der Waals surface area contributed by atoms with Gasteiger partial charge in [-0.15, -0.1) is 0 Å². The molecule has 1 aliphatic rings. The predicted molar refractivity (Wildman–Crippen MR) is 121 cm³/mol. The number of aliphatic hydroxyl groups is 1. The summed E-state index contributed by atoms with van der Waals surface area (Å²) in [5.41, 5.74) is 1.47. The zero-order valence-electron chi connectivity index (χ0n) is 18.8. The van der Waals surface area contributed by atoms with Gasteiger partial charge in [0.25, 0.3) is 0 Å². The zero-order valence-corrected chi connectivity index (χ0v) is 18.8. The standard InChI is InChI=1S/C22H30N4O7/c1-5-8-33-21(30)25-18(12(2)3)20(29)23-13(4)19(28)24-15-7-6-14-9-16(11-27)26(22(31)32)17(14)10-15/h5-7,10,12-13,16,18,27H,1,8-9,11H2,2-4H3,(H,23,29)(H,24,28)(H,25,30)(H,31,32)/t13?,16-,18?/m0/s1. The van der Waals surface area contributed by atoms with E-state index in [0.29, 0.717) is 17.8 Å². The van der Waals surface area contributed by atoms with Crippen LogP contribution in [0.5, 0.6) is 0 Å². The highest BCUT2D eigenvalue weighted by molar-refractivity contribution is 5.99. The number of ether oxygens (including phenoxy) is 1. The number of nitrogens with zero attached hydrogens (tertiary/aromatic N) is 1. The molecule has 2 rings (SSSR count). The minimum Gasteiger partial charge on any atom is -0.465 e. The molecular weight excluding hydrogens is 432 g/mol. The van der Waals surface area contributed by atoms with Crippen LogP contribution in [0.3, 0.4) is 0 Å². The number of nitrogens with one attached hydrogen (secondary N) is 3. The lowest BCUT2D eigenvalue weighted by Gasteiger charge is -2.23. The van der Waals surface area contributed by atoms with Gasteiger partial charge in [0.15, 0.2) is 0 Å². The number of carboxylic acid groups (broad SMARTS) is 1. The molecule has 0 bridgehead atoms. The monoisotopic (exact) mass is 462 g/mol. The molecular formula is C22H30N4O7. The van der Waals surface area contributed by atoms with Crippen LogP contribution < -0.4 is 20.9 Å². The van der Waals surface area contributed by atoms with Gasteiger partial charge in [-0.05, 0) is 37.0 Å². The summed E-state index contributed by atoms with van der Waals surface area (Å²) in [6.45, 7) is 8.08. The van der Waals surface area contributed by atoms with Gasteiger partial charge in [-0.1, -0.05) is 32.6 Å². The summed E-state index contributed by atoms with van der Waals surface area (Å²) in [5.74, 6) is -1.35. The third-order valence-corrected chi connectivity index (χ3v) is 5.16. The molecule has 1 aromatic rings. The molecule has 11 nitrogen and oxygen atoms in total. The van der Waals surface area contributed by atoms with Crippen LogP contribution in [0.25, 0.3) is 0 Å². The molecule has 0 aliphatic carbocycles. The summed E-state index contributed by atoms with van der Waals surface area (Å²) < 4.78 is 4.84. The second kappa shape index (κ2) is 11.3. The molecule has 0 aromatic heterocycles. The minimum atomic E-state index is -1.20. The SMILES string of the molecule is C=CCOC(=O)NC(C(=O)NC(C)C(=O)Nc1ccc2c(c1)N(C(=O)O)[C@H](CO)C2)C(C)C. The van der Waals surface area contributed by atoms with Gasteiger partial charge in [-0.2, -0.15) is 0 Å². The van der Waals surface area contributed by atoms with E-state index in [-0.39, 0.29) is 19.1 Å². The summed E-state index contributed by atoms with van der Waals surface area (Å²) in [7, 11) is 0. The average molecular weight is 463 g/mol. The number of aliphatic hydroxyl groups excluding tert-OH is 1. The molecule has 5 N–H and O–H groups in total. The van der Waals surface area contributed by atoms with E-state index in [4.69, 9.17) is 4.74 Å². The summed E-state index contributed by atoms with van der Waals surface area (Å²) in [6.07, 6.45) is -0.203. The maximum atomic E-state index is 12.6. The Bertz CT molecular complexity index is 918. The Hall–Kier alpha value is -3.60. The van der Waals surface area contributed by atoms with Crippen molar-refractivity contribution in [2.75, 3.05) is 23.4 Å². The van der Waals surface area contributed by atoms with Crippen molar-refractivity contribution in [3.05, 3.63) is 36.4 Å². The molecule has 3 atom stereocenters. The second-order valence-electron chi connectivity index (χ2n) is 8.01. The van der Waals surface area contributed by atoms with E-state index >= 15 is 0 Å². The van der Waals surface area contributed by atoms with Crippen molar-refractivity contribution in [2.24, 2.45) is 5.92 Å². The van der Waals surface area contributed by atoms with Crippen LogP contribution in [0.15, 0.2) is 30.9 Å². The average Bonchev–Trinajstić information content (AvgIpc) is 3.13. The lowest BCUT2D eigenvalue weighted by atomic mass is 10.0. The molecule has 0 fully saturated rings. The van der Waals surface area contributed by atoms with Crippen molar-refractivity contribution < 1.29 is 34.1 Å². The molecule has 0 spiro atoms. The van der Waals surface area contributed by atoms with Gasteiger partial charge in [0.1, 0.15) is 18.7 Å². The molecule has 1 aromatic carbocycles. The number of alkyl carbamates (subject to hydrolysis) is 1. The van der Waals surface area contributed by atoms with Crippen molar-refractivity contribution in [1.29, 1.82) is 0 Å². The van der Waals surface area contributed by atoms with Gasteiger partial charge in [-0.25, -0.2) is 9.59 Å². The third kappa shape index (κ3) is 6.45. The highest BCUT2D eigenvalue weighted by atomic mass is 16.5. The quantitative estimate of drug-likeness (QED) is 0.348. The van der Waals surface area contributed by atoms with E-state index in [2.05, 4.69) is 22.5 Å². The number of hydrogen-bond acceptors (Lipinski definition) is 6. The van der Waals surface area contributed by atoms with Gasteiger partial charge in [-0.3, -0.25) is 14.5 Å². The first-order valence-corrected chi connectivity index (χ1v) is 10.5. The smallest absolute Gasteiger partial charge is 0.412 e. The topological polar surface area (TPSA) is 157 Å². The lowest BCUT2D eigenvalue weighted by Crippen LogP contribution is -2.53. The number of anilines is 2. The molecule has 33 heavy (non-hydrogen) atoms. The van der Waals surface area contributed by atoms with E-state index in [1.165, 1.54) is 19.1 Å². The maximum absolute atomic E-state index is 12.6. The molecule has 11 heteroatoms. The van der Waals surface area contributed by atoms with Gasteiger partial charge in [0.05, 0.1) is 18.3 Å². The first-order chi connectivity index (χ1) is 15.6. The van der Waals surface area contributed by atoms with Gasteiger partial charge < -0.3 is 30.9 Å². The van der Waals surface area contributed by atoms with Crippen LogP contribution in [0.1, 0.15) is 26.3 Å². The van der Waals surface area contributed by atoms with Gasteiger partial charge in [0, 0.05) is 5.69 Å².